The largest absolute Gasteiger partial charge is 0.478 e. The summed E-state index contributed by atoms with van der Waals surface area (Å²) in [6.45, 7) is 0. The molecule has 3 N–H and O–H groups in total. The number of carboxylic acid groups (broad SMARTS) is 1. The van der Waals surface area contributed by atoms with Crippen LogP contribution in [0.1, 0.15) is 33.7 Å². The number of rotatable bonds is 4. The summed E-state index contributed by atoms with van der Waals surface area (Å²) < 4.78 is 13.6. The maximum Gasteiger partial charge on any atom is 0.338 e. The van der Waals surface area contributed by atoms with Crippen LogP contribution in [0.3, 0.4) is 0 Å². The molecular weight excluding hydrogens is 301 g/mol. The molecule has 0 spiro atoms. The van der Waals surface area contributed by atoms with Crippen molar-refractivity contribution in [1.82, 2.24) is 15.3 Å². The summed E-state index contributed by atoms with van der Waals surface area (Å²) in [5, 5.41) is 11.7. The Bertz CT molecular complexity index is 757. The van der Waals surface area contributed by atoms with Crippen molar-refractivity contribution in [3.63, 3.8) is 0 Å². The first-order chi connectivity index (χ1) is 11.0. The second-order valence-electron chi connectivity index (χ2n) is 5.63. The molecule has 1 aliphatic carbocycles. The summed E-state index contributed by atoms with van der Waals surface area (Å²) >= 11 is 0. The molecule has 0 saturated carbocycles. The van der Waals surface area contributed by atoms with Crippen LogP contribution in [0.25, 0.3) is 0 Å². The van der Waals surface area contributed by atoms with Gasteiger partial charge in [-0.2, -0.15) is 0 Å². The maximum atomic E-state index is 13.6. The molecule has 3 rings (SSSR count). The third-order valence-electron chi connectivity index (χ3n) is 3.98. The van der Waals surface area contributed by atoms with E-state index in [2.05, 4.69) is 15.3 Å². The number of aryl methyl sites for hydroxylation is 1. The number of amides is 1. The minimum absolute atomic E-state index is 0.0170. The molecule has 6 nitrogen and oxygen atoms in total. The molecule has 1 aliphatic rings. The van der Waals surface area contributed by atoms with Crippen LogP contribution in [-0.4, -0.2) is 33.0 Å². The van der Waals surface area contributed by atoms with Gasteiger partial charge in [0.1, 0.15) is 5.82 Å². The first-order valence-electron chi connectivity index (χ1n) is 7.35. The molecule has 0 saturated heterocycles. The van der Waals surface area contributed by atoms with Gasteiger partial charge < -0.3 is 15.4 Å². The van der Waals surface area contributed by atoms with Gasteiger partial charge in [-0.05, 0) is 30.5 Å². The smallest absolute Gasteiger partial charge is 0.338 e. The lowest BCUT2D eigenvalue weighted by molar-refractivity contribution is -0.121. The Labute approximate surface area is 131 Å². The Morgan fingerprint density at radius 2 is 2.26 bits per heavy atom. The molecule has 1 heterocycles. The number of benzene rings is 1. The van der Waals surface area contributed by atoms with Crippen molar-refractivity contribution in [2.45, 2.75) is 31.7 Å². The molecular formula is C16H16FN3O3. The number of hydrogen-bond donors (Lipinski definition) is 3. The third kappa shape index (κ3) is 3.39. The van der Waals surface area contributed by atoms with E-state index in [0.29, 0.717) is 12.0 Å². The molecule has 1 unspecified atom stereocenters. The number of aromatic carboxylic acids is 1. The molecule has 23 heavy (non-hydrogen) atoms. The summed E-state index contributed by atoms with van der Waals surface area (Å²) in [7, 11) is 0. The van der Waals surface area contributed by atoms with Gasteiger partial charge in [0.2, 0.25) is 5.91 Å². The van der Waals surface area contributed by atoms with Crippen LogP contribution in [0.2, 0.25) is 0 Å². The molecule has 0 fully saturated rings. The standard InChI is InChI=1S/C16H16FN3O3/c17-12-5-9(1-3-11(12)16(22)23)6-15(21)20-10-2-4-13-14(7-10)19-8-18-13/h1,3,5,8,10H,2,4,6-7H2,(H,18,19)(H,20,21)(H,22,23). The highest BCUT2D eigenvalue weighted by atomic mass is 19.1. The molecule has 2 aromatic rings. The van der Waals surface area contributed by atoms with Crippen LogP contribution in [0.5, 0.6) is 0 Å². The normalized spacial score (nSPS) is 16.7. The lowest BCUT2D eigenvalue weighted by Gasteiger charge is -2.22. The molecule has 0 bridgehead atoms. The van der Waals surface area contributed by atoms with E-state index in [4.69, 9.17) is 5.11 Å². The fraction of sp³-hybridized carbons (Fsp3) is 0.312. The van der Waals surface area contributed by atoms with E-state index in [9.17, 15) is 14.0 Å². The van der Waals surface area contributed by atoms with Crippen molar-refractivity contribution in [3.8, 4) is 0 Å². The minimum Gasteiger partial charge on any atom is -0.478 e. The minimum atomic E-state index is -1.32. The van der Waals surface area contributed by atoms with Gasteiger partial charge in [0.15, 0.2) is 0 Å². The predicted molar refractivity (Wildman–Crippen MR) is 79.6 cm³/mol. The third-order valence-corrected chi connectivity index (χ3v) is 3.98. The summed E-state index contributed by atoms with van der Waals surface area (Å²) in [6, 6.07) is 3.76. The van der Waals surface area contributed by atoms with Crippen molar-refractivity contribution in [3.05, 3.63) is 52.9 Å². The molecule has 1 aromatic heterocycles. The number of carboxylic acids is 1. The molecule has 1 aromatic carbocycles. The highest BCUT2D eigenvalue weighted by Gasteiger charge is 2.22. The number of fused-ring (bicyclic) bond motifs is 1. The van der Waals surface area contributed by atoms with Gasteiger partial charge >= 0.3 is 5.97 Å². The van der Waals surface area contributed by atoms with Gasteiger partial charge in [0.25, 0.3) is 0 Å². The maximum absolute atomic E-state index is 13.6. The Morgan fingerprint density at radius 1 is 1.43 bits per heavy atom. The fourth-order valence-corrected chi connectivity index (χ4v) is 2.83. The van der Waals surface area contributed by atoms with E-state index in [1.807, 2.05) is 0 Å². The Kier molecular flexibility index (Phi) is 4.10. The average molecular weight is 317 g/mol. The van der Waals surface area contributed by atoms with Gasteiger partial charge in [0, 0.05) is 18.2 Å². The molecule has 7 heteroatoms. The van der Waals surface area contributed by atoms with Gasteiger partial charge in [0.05, 0.1) is 24.0 Å². The van der Waals surface area contributed by atoms with Crippen LogP contribution >= 0.6 is 0 Å². The lowest BCUT2D eigenvalue weighted by Crippen LogP contribution is -2.39. The first kappa shape index (κ1) is 15.2. The molecule has 120 valence electrons. The van der Waals surface area contributed by atoms with Crippen molar-refractivity contribution < 1.29 is 19.1 Å². The van der Waals surface area contributed by atoms with Crippen LogP contribution in [0.4, 0.5) is 4.39 Å². The highest BCUT2D eigenvalue weighted by Crippen LogP contribution is 2.18. The molecule has 0 radical (unpaired) electrons. The monoisotopic (exact) mass is 317 g/mol. The number of carbonyl (C=O) groups excluding carboxylic acids is 1. The number of aromatic amines is 1. The average Bonchev–Trinajstić information content (AvgIpc) is 2.94. The second kappa shape index (κ2) is 6.20. The lowest BCUT2D eigenvalue weighted by atomic mass is 9.96. The van der Waals surface area contributed by atoms with E-state index < -0.39 is 17.3 Å². The number of halogens is 1. The Balaban J connectivity index is 1.60. The zero-order valence-corrected chi connectivity index (χ0v) is 12.3. The van der Waals surface area contributed by atoms with Crippen molar-refractivity contribution in [1.29, 1.82) is 0 Å². The van der Waals surface area contributed by atoms with Crippen LogP contribution in [0, 0.1) is 5.82 Å². The van der Waals surface area contributed by atoms with Crippen molar-refractivity contribution in [2.75, 3.05) is 0 Å². The van der Waals surface area contributed by atoms with Gasteiger partial charge in [-0.3, -0.25) is 4.79 Å². The van der Waals surface area contributed by atoms with Crippen LogP contribution < -0.4 is 5.32 Å². The zero-order chi connectivity index (χ0) is 16.4. The van der Waals surface area contributed by atoms with Crippen molar-refractivity contribution >= 4 is 11.9 Å². The second-order valence-corrected chi connectivity index (χ2v) is 5.63. The summed E-state index contributed by atoms with van der Waals surface area (Å²) in [6.07, 6.45) is 4.00. The van der Waals surface area contributed by atoms with Gasteiger partial charge in [-0.1, -0.05) is 6.07 Å². The topological polar surface area (TPSA) is 95.1 Å². The number of imidazole rings is 1. The van der Waals surface area contributed by atoms with Gasteiger partial charge in [-0.25, -0.2) is 14.2 Å². The Morgan fingerprint density at radius 3 is 3.00 bits per heavy atom. The fourth-order valence-electron chi connectivity index (χ4n) is 2.83. The Hall–Kier alpha value is -2.70. The van der Waals surface area contributed by atoms with Crippen LogP contribution in [0.15, 0.2) is 24.5 Å². The van der Waals surface area contributed by atoms with Crippen LogP contribution in [-0.2, 0) is 24.1 Å². The predicted octanol–water partition coefficient (Wildman–Crippen LogP) is 1.46. The van der Waals surface area contributed by atoms with Crippen molar-refractivity contribution in [2.24, 2.45) is 0 Å². The number of aromatic nitrogens is 2. The van der Waals surface area contributed by atoms with E-state index >= 15 is 0 Å². The van der Waals surface area contributed by atoms with E-state index in [1.54, 1.807) is 6.33 Å². The summed E-state index contributed by atoms with van der Waals surface area (Å²) in [5.74, 6) is -2.36. The number of H-pyrrole nitrogens is 1. The number of nitrogens with zero attached hydrogens (tertiary/aromatic N) is 1. The van der Waals surface area contributed by atoms with E-state index in [1.165, 1.54) is 12.1 Å². The molecule has 1 atom stereocenters. The number of nitrogens with one attached hydrogen (secondary N) is 2. The number of carbonyl (C=O) groups is 2. The quantitative estimate of drug-likeness (QED) is 0.795. The SMILES string of the molecule is O=C(Cc1ccc(C(=O)O)c(F)c1)NC1CCc2nc[nH]c2C1. The molecule has 0 aliphatic heterocycles. The van der Waals surface area contributed by atoms with Gasteiger partial charge in [-0.15, -0.1) is 0 Å². The number of hydrogen-bond acceptors (Lipinski definition) is 3. The highest BCUT2D eigenvalue weighted by molar-refractivity contribution is 5.88. The van der Waals surface area contributed by atoms with E-state index in [-0.39, 0.29) is 18.4 Å². The zero-order valence-electron chi connectivity index (χ0n) is 12.3. The summed E-state index contributed by atoms with van der Waals surface area (Å²) in [5.41, 5.74) is 2.14. The molecule has 1 amide bonds. The first-order valence-corrected chi connectivity index (χ1v) is 7.35. The van der Waals surface area contributed by atoms with E-state index in [0.717, 1.165) is 30.3 Å². The summed E-state index contributed by atoms with van der Waals surface area (Å²) in [4.78, 5) is 30.1.